The van der Waals surface area contributed by atoms with Crippen molar-refractivity contribution in [3.63, 3.8) is 0 Å². The van der Waals surface area contributed by atoms with E-state index in [1.807, 2.05) is 6.07 Å². The summed E-state index contributed by atoms with van der Waals surface area (Å²) in [7, 11) is -3.63. The zero-order chi connectivity index (χ0) is 10.4. The minimum absolute atomic E-state index is 0.0914. The largest absolute Gasteiger partial charge is 0.238 e. The molecular formula is C10H11NO2S. The second-order valence-corrected chi connectivity index (χ2v) is 4.19. The summed E-state index contributed by atoms with van der Waals surface area (Å²) >= 11 is 0. The van der Waals surface area contributed by atoms with Gasteiger partial charge in [-0.1, -0.05) is 42.5 Å². The first kappa shape index (κ1) is 10.7. The van der Waals surface area contributed by atoms with E-state index in [4.69, 9.17) is 5.14 Å². The molecule has 0 amide bonds. The summed E-state index contributed by atoms with van der Waals surface area (Å²) in [5.41, 5.74) is 0. The molecule has 74 valence electrons. The standard InChI is InChI=1S/C10H11NO2S/c11-14(12,13)10-8-6-4-2-1-3-5-7-9-10/h1-9H,(H2,11,12,13). The van der Waals surface area contributed by atoms with E-state index in [1.165, 1.54) is 12.1 Å². The van der Waals surface area contributed by atoms with Gasteiger partial charge in [-0.05, 0) is 12.1 Å². The third-order valence-corrected chi connectivity index (χ3v) is 2.45. The molecule has 0 saturated carbocycles. The molecule has 0 aliphatic rings. The van der Waals surface area contributed by atoms with Crippen LogP contribution in [-0.2, 0) is 10.0 Å². The van der Waals surface area contributed by atoms with Crippen LogP contribution >= 0.6 is 0 Å². The van der Waals surface area contributed by atoms with Crippen molar-refractivity contribution in [3.05, 3.63) is 54.6 Å². The molecule has 0 spiro atoms. The SMILES string of the molecule is NS(=O)(=O)c1ccccccccc1. The van der Waals surface area contributed by atoms with Gasteiger partial charge in [-0.25, -0.2) is 13.6 Å². The lowest BCUT2D eigenvalue weighted by Crippen LogP contribution is -2.11. The number of nitrogens with two attached hydrogens (primary N) is 1. The molecule has 0 fully saturated rings. The molecule has 0 aromatic heterocycles. The van der Waals surface area contributed by atoms with Crippen molar-refractivity contribution in [2.24, 2.45) is 5.14 Å². The molecular weight excluding hydrogens is 198 g/mol. The third-order valence-electron chi connectivity index (χ3n) is 1.52. The van der Waals surface area contributed by atoms with Gasteiger partial charge in [0.25, 0.3) is 0 Å². The van der Waals surface area contributed by atoms with Gasteiger partial charge in [-0.3, -0.25) is 0 Å². The molecule has 0 heterocycles. The van der Waals surface area contributed by atoms with Crippen molar-refractivity contribution in [3.8, 4) is 0 Å². The molecule has 0 bridgehead atoms. The van der Waals surface area contributed by atoms with Crippen LogP contribution in [-0.4, -0.2) is 8.42 Å². The van der Waals surface area contributed by atoms with Crippen molar-refractivity contribution in [2.75, 3.05) is 0 Å². The summed E-state index contributed by atoms with van der Waals surface area (Å²) in [6, 6.07) is 15.1. The summed E-state index contributed by atoms with van der Waals surface area (Å²) in [6.45, 7) is 0. The maximum absolute atomic E-state index is 11.0. The van der Waals surface area contributed by atoms with Crippen molar-refractivity contribution in [2.45, 2.75) is 4.90 Å². The second-order valence-electron chi connectivity index (χ2n) is 2.63. The third kappa shape index (κ3) is 3.55. The molecule has 0 atom stereocenters. The quantitative estimate of drug-likeness (QED) is 0.761. The number of rotatable bonds is 1. The summed E-state index contributed by atoms with van der Waals surface area (Å²) < 4.78 is 22.1. The van der Waals surface area contributed by atoms with Crippen LogP contribution in [0.1, 0.15) is 0 Å². The molecule has 4 heteroatoms. The minimum Gasteiger partial charge on any atom is -0.225 e. The summed E-state index contributed by atoms with van der Waals surface area (Å²) in [6.07, 6.45) is 0. The lowest BCUT2D eigenvalue weighted by atomic mass is 10.4. The number of hydrogen-bond acceptors (Lipinski definition) is 2. The number of sulfonamides is 1. The maximum atomic E-state index is 11.0. The van der Waals surface area contributed by atoms with E-state index in [9.17, 15) is 8.42 Å². The van der Waals surface area contributed by atoms with Crippen LogP contribution in [0, 0.1) is 0 Å². The van der Waals surface area contributed by atoms with E-state index in [-0.39, 0.29) is 4.90 Å². The number of hydrogen-bond donors (Lipinski definition) is 1. The van der Waals surface area contributed by atoms with Gasteiger partial charge in [0.2, 0.25) is 10.0 Å². The molecule has 14 heavy (non-hydrogen) atoms. The first-order chi connectivity index (χ1) is 6.61. The van der Waals surface area contributed by atoms with Gasteiger partial charge < -0.3 is 0 Å². The Balaban J connectivity index is 3.35. The van der Waals surface area contributed by atoms with Crippen molar-refractivity contribution in [1.82, 2.24) is 0 Å². The zero-order valence-corrected chi connectivity index (χ0v) is 8.31. The Kier molecular flexibility index (Phi) is 3.62. The normalized spacial score (nSPS) is 10.4. The Labute approximate surface area is 83.6 Å². The molecule has 1 aromatic rings. The lowest BCUT2D eigenvalue weighted by Gasteiger charge is -1.91. The van der Waals surface area contributed by atoms with Crippen LogP contribution in [0.25, 0.3) is 0 Å². The van der Waals surface area contributed by atoms with Crippen LogP contribution < -0.4 is 5.14 Å². The minimum atomic E-state index is -3.63. The molecule has 0 aliphatic heterocycles. The summed E-state index contributed by atoms with van der Waals surface area (Å²) in [4.78, 5) is 0.0914. The van der Waals surface area contributed by atoms with Crippen molar-refractivity contribution in [1.29, 1.82) is 0 Å². The van der Waals surface area contributed by atoms with E-state index in [0.717, 1.165) is 0 Å². The van der Waals surface area contributed by atoms with E-state index in [2.05, 4.69) is 0 Å². The Hall–Kier alpha value is -1.39. The first-order valence-corrected chi connectivity index (χ1v) is 5.56. The van der Waals surface area contributed by atoms with Gasteiger partial charge >= 0.3 is 0 Å². The molecule has 3 nitrogen and oxygen atoms in total. The number of primary sulfonamides is 1. The zero-order valence-electron chi connectivity index (χ0n) is 7.50. The van der Waals surface area contributed by atoms with E-state index in [0.29, 0.717) is 0 Å². The fourth-order valence-electron chi connectivity index (χ4n) is 0.867. The smallest absolute Gasteiger partial charge is 0.225 e. The Morgan fingerprint density at radius 3 is 1.50 bits per heavy atom. The van der Waals surface area contributed by atoms with Crippen LogP contribution in [0.5, 0.6) is 0 Å². The molecule has 0 saturated heterocycles. The predicted octanol–water partition coefficient (Wildman–Crippen LogP) is 1.46. The molecule has 0 unspecified atom stereocenters. The highest BCUT2D eigenvalue weighted by Gasteiger charge is 2.02. The van der Waals surface area contributed by atoms with Gasteiger partial charge in [-0.15, -0.1) is 0 Å². The first-order valence-electron chi connectivity index (χ1n) is 4.02. The van der Waals surface area contributed by atoms with Crippen molar-refractivity contribution < 1.29 is 8.42 Å². The molecule has 0 radical (unpaired) electrons. The monoisotopic (exact) mass is 209 g/mol. The van der Waals surface area contributed by atoms with Gasteiger partial charge in [0, 0.05) is 0 Å². The van der Waals surface area contributed by atoms with E-state index < -0.39 is 10.0 Å². The second kappa shape index (κ2) is 4.74. The van der Waals surface area contributed by atoms with Gasteiger partial charge in [-0.2, -0.15) is 0 Å². The van der Waals surface area contributed by atoms with E-state index in [1.54, 1.807) is 36.4 Å². The van der Waals surface area contributed by atoms with Gasteiger partial charge in [0.15, 0.2) is 0 Å². The van der Waals surface area contributed by atoms with Gasteiger partial charge in [0.1, 0.15) is 0 Å². The van der Waals surface area contributed by atoms with Crippen molar-refractivity contribution >= 4 is 10.0 Å². The summed E-state index contributed by atoms with van der Waals surface area (Å²) in [5.74, 6) is 0. The summed E-state index contributed by atoms with van der Waals surface area (Å²) in [5, 5.41) is 5.00. The lowest BCUT2D eigenvalue weighted by molar-refractivity contribution is 0.598. The Morgan fingerprint density at radius 1 is 0.786 bits per heavy atom. The van der Waals surface area contributed by atoms with Gasteiger partial charge in [0.05, 0.1) is 4.90 Å². The average Bonchev–Trinajstić information content (AvgIpc) is 2.12. The highest BCUT2D eigenvalue weighted by molar-refractivity contribution is 7.89. The topological polar surface area (TPSA) is 60.2 Å². The fourth-order valence-corrected chi connectivity index (χ4v) is 1.40. The van der Waals surface area contributed by atoms with Crippen LogP contribution in [0.3, 0.4) is 0 Å². The Morgan fingerprint density at radius 2 is 1.14 bits per heavy atom. The molecule has 2 N–H and O–H groups in total. The maximum Gasteiger partial charge on any atom is 0.238 e. The highest BCUT2D eigenvalue weighted by atomic mass is 32.2. The van der Waals surface area contributed by atoms with Crippen LogP contribution in [0.4, 0.5) is 0 Å². The predicted molar refractivity (Wildman–Crippen MR) is 55.4 cm³/mol. The fraction of sp³-hybridized carbons (Fsp3) is 0. The van der Waals surface area contributed by atoms with Crippen LogP contribution in [0.15, 0.2) is 59.5 Å². The molecule has 1 aromatic carbocycles. The van der Waals surface area contributed by atoms with Crippen LogP contribution in [0.2, 0.25) is 0 Å². The Bertz CT molecular complexity index is 428. The molecule has 1 rings (SSSR count). The highest BCUT2D eigenvalue weighted by Crippen LogP contribution is 2.01. The van der Waals surface area contributed by atoms with E-state index >= 15 is 0 Å². The molecule has 0 aliphatic carbocycles. The average molecular weight is 209 g/mol.